The largest absolute Gasteiger partial charge is 0.387 e. The van der Waals surface area contributed by atoms with Gasteiger partial charge in [-0.3, -0.25) is 9.69 Å². The van der Waals surface area contributed by atoms with Crippen LogP contribution in [0, 0.1) is 5.82 Å². The predicted molar refractivity (Wildman–Crippen MR) is 91.8 cm³/mol. The molecule has 0 aliphatic carbocycles. The molecule has 2 N–H and O–H groups in total. The maximum absolute atomic E-state index is 13.0. The smallest absolute Gasteiger partial charge is 0.237 e. The number of carbonyl (C=O) groups is 1. The molecular weight excluding hydrogens is 315 g/mol. The number of halogens is 1. The van der Waals surface area contributed by atoms with Gasteiger partial charge in [-0.1, -0.05) is 12.1 Å². The van der Waals surface area contributed by atoms with Crippen molar-refractivity contribution in [2.75, 3.05) is 25.1 Å². The second-order valence-corrected chi connectivity index (χ2v) is 7.27. The van der Waals surface area contributed by atoms with E-state index in [1.165, 1.54) is 12.1 Å². The van der Waals surface area contributed by atoms with Gasteiger partial charge in [0.05, 0.1) is 11.6 Å². The molecule has 0 bridgehead atoms. The summed E-state index contributed by atoms with van der Waals surface area (Å²) in [5.74, 6) is 0.295. The van der Waals surface area contributed by atoms with Gasteiger partial charge in [0.2, 0.25) is 5.91 Å². The van der Waals surface area contributed by atoms with Gasteiger partial charge in [0.25, 0.3) is 0 Å². The van der Waals surface area contributed by atoms with E-state index in [-0.39, 0.29) is 24.3 Å². The molecule has 0 spiro atoms. The van der Waals surface area contributed by atoms with Crippen molar-refractivity contribution in [3.8, 4) is 0 Å². The monoisotopic (exact) mass is 340 g/mol. The van der Waals surface area contributed by atoms with Gasteiger partial charge < -0.3 is 10.4 Å². The van der Waals surface area contributed by atoms with Crippen molar-refractivity contribution < 1.29 is 14.3 Å². The molecule has 128 valence electrons. The number of nitrogens with zero attached hydrogens (tertiary/aromatic N) is 1. The Labute approximate surface area is 141 Å². The molecule has 1 saturated heterocycles. The van der Waals surface area contributed by atoms with E-state index in [1.807, 2.05) is 6.26 Å². The lowest BCUT2D eigenvalue weighted by atomic mass is 10.1. The van der Waals surface area contributed by atoms with Crippen LogP contribution in [0.2, 0.25) is 0 Å². The lowest BCUT2D eigenvalue weighted by molar-refractivity contribution is -0.126. The molecule has 0 aromatic heterocycles. The molecule has 2 rings (SSSR count). The van der Waals surface area contributed by atoms with Crippen LogP contribution in [0.25, 0.3) is 0 Å². The summed E-state index contributed by atoms with van der Waals surface area (Å²) in [5, 5.41) is 13.0. The van der Waals surface area contributed by atoms with E-state index in [2.05, 4.69) is 10.2 Å². The van der Waals surface area contributed by atoms with Crippen LogP contribution in [-0.4, -0.2) is 52.7 Å². The quantitative estimate of drug-likeness (QED) is 0.797. The molecule has 23 heavy (non-hydrogen) atoms. The molecular formula is C17H25FN2O2S. The number of hydrogen-bond acceptors (Lipinski definition) is 4. The lowest BCUT2D eigenvalue weighted by Crippen LogP contribution is -2.48. The number of aliphatic hydroxyl groups is 1. The first-order chi connectivity index (χ1) is 10.9. The third-order valence-corrected chi connectivity index (χ3v) is 4.97. The summed E-state index contributed by atoms with van der Waals surface area (Å²) in [7, 11) is 0. The Morgan fingerprint density at radius 2 is 2.17 bits per heavy atom. The van der Waals surface area contributed by atoms with Crippen LogP contribution < -0.4 is 5.32 Å². The zero-order chi connectivity index (χ0) is 16.9. The van der Waals surface area contributed by atoms with E-state index >= 15 is 0 Å². The maximum atomic E-state index is 13.0. The third-order valence-electron chi connectivity index (χ3n) is 4.06. The van der Waals surface area contributed by atoms with Crippen molar-refractivity contribution in [2.45, 2.75) is 38.0 Å². The molecule has 1 aromatic carbocycles. The van der Waals surface area contributed by atoms with Crippen LogP contribution in [0.3, 0.4) is 0 Å². The number of thioether (sulfide) groups is 1. The Bertz CT molecular complexity index is 522. The first-order valence-electron chi connectivity index (χ1n) is 7.89. The Hall–Kier alpha value is -1.11. The molecule has 2 unspecified atom stereocenters. The standard InChI is InChI=1S/C17H25FN2O2S/c1-17(22,12-23-2)11-19-16(21)15-4-3-9-20(15)10-13-5-7-14(18)8-6-13/h5-8,15,22H,3-4,9-12H2,1-2H3,(H,19,21). The van der Waals surface area contributed by atoms with Gasteiger partial charge in [-0.05, 0) is 50.3 Å². The van der Waals surface area contributed by atoms with Crippen molar-refractivity contribution in [3.05, 3.63) is 35.6 Å². The fourth-order valence-electron chi connectivity index (χ4n) is 2.89. The maximum Gasteiger partial charge on any atom is 0.237 e. The average Bonchev–Trinajstić information content (AvgIpc) is 2.95. The highest BCUT2D eigenvalue weighted by molar-refractivity contribution is 7.98. The van der Waals surface area contributed by atoms with Gasteiger partial charge in [-0.15, -0.1) is 0 Å². The summed E-state index contributed by atoms with van der Waals surface area (Å²) in [5.41, 5.74) is 0.107. The Balaban J connectivity index is 1.90. The van der Waals surface area contributed by atoms with E-state index < -0.39 is 5.60 Å². The van der Waals surface area contributed by atoms with Gasteiger partial charge >= 0.3 is 0 Å². The normalized spacial score (nSPS) is 21.1. The minimum Gasteiger partial charge on any atom is -0.387 e. The predicted octanol–water partition coefficient (Wildman–Crippen LogP) is 2.02. The minimum atomic E-state index is -0.893. The Morgan fingerprint density at radius 3 is 2.83 bits per heavy atom. The van der Waals surface area contributed by atoms with Crippen LogP contribution in [0.4, 0.5) is 4.39 Å². The van der Waals surface area contributed by atoms with Gasteiger partial charge in [-0.2, -0.15) is 11.8 Å². The summed E-state index contributed by atoms with van der Waals surface area (Å²) < 4.78 is 13.0. The fourth-order valence-corrected chi connectivity index (χ4v) is 3.62. The zero-order valence-electron chi connectivity index (χ0n) is 13.7. The molecule has 1 fully saturated rings. The summed E-state index contributed by atoms with van der Waals surface area (Å²) in [6.45, 7) is 3.48. The van der Waals surface area contributed by atoms with Gasteiger partial charge in [-0.25, -0.2) is 4.39 Å². The van der Waals surface area contributed by atoms with Crippen LogP contribution in [-0.2, 0) is 11.3 Å². The highest BCUT2D eigenvalue weighted by atomic mass is 32.2. The van der Waals surface area contributed by atoms with Gasteiger partial charge in [0.15, 0.2) is 0 Å². The Morgan fingerprint density at radius 1 is 1.48 bits per heavy atom. The molecule has 1 heterocycles. The number of nitrogens with one attached hydrogen (secondary N) is 1. The SMILES string of the molecule is CSCC(C)(O)CNC(=O)C1CCCN1Cc1ccc(F)cc1. The average molecular weight is 340 g/mol. The van der Waals surface area contributed by atoms with E-state index in [0.717, 1.165) is 24.9 Å². The highest BCUT2D eigenvalue weighted by Gasteiger charge is 2.31. The lowest BCUT2D eigenvalue weighted by Gasteiger charge is -2.27. The molecule has 1 aliphatic rings. The zero-order valence-corrected chi connectivity index (χ0v) is 14.5. The first-order valence-corrected chi connectivity index (χ1v) is 9.28. The number of amides is 1. The van der Waals surface area contributed by atoms with E-state index in [0.29, 0.717) is 12.3 Å². The Kier molecular flexibility index (Phi) is 6.44. The minimum absolute atomic E-state index is 0.0361. The van der Waals surface area contributed by atoms with Gasteiger partial charge in [0, 0.05) is 18.8 Å². The van der Waals surface area contributed by atoms with Crippen LogP contribution >= 0.6 is 11.8 Å². The third kappa shape index (κ3) is 5.48. The molecule has 1 amide bonds. The van der Waals surface area contributed by atoms with Gasteiger partial charge in [0.1, 0.15) is 5.82 Å². The number of benzene rings is 1. The molecule has 6 heteroatoms. The summed E-state index contributed by atoms with van der Waals surface area (Å²) in [6, 6.07) is 6.22. The first kappa shape index (κ1) is 18.2. The van der Waals surface area contributed by atoms with Crippen LogP contribution in [0.1, 0.15) is 25.3 Å². The fraction of sp³-hybridized carbons (Fsp3) is 0.588. The highest BCUT2D eigenvalue weighted by Crippen LogP contribution is 2.21. The van der Waals surface area contributed by atoms with Crippen molar-refractivity contribution in [1.82, 2.24) is 10.2 Å². The van der Waals surface area contributed by atoms with Crippen molar-refractivity contribution in [2.24, 2.45) is 0 Å². The van der Waals surface area contributed by atoms with Crippen molar-refractivity contribution >= 4 is 17.7 Å². The second kappa shape index (κ2) is 8.13. The number of hydrogen-bond donors (Lipinski definition) is 2. The second-order valence-electron chi connectivity index (χ2n) is 6.40. The van der Waals surface area contributed by atoms with Crippen molar-refractivity contribution in [1.29, 1.82) is 0 Å². The number of rotatable bonds is 7. The number of likely N-dealkylation sites (tertiary alicyclic amines) is 1. The van der Waals surface area contributed by atoms with Crippen LogP contribution in [0.15, 0.2) is 24.3 Å². The summed E-state index contributed by atoms with van der Waals surface area (Å²) in [6.07, 6.45) is 3.72. The van der Waals surface area contributed by atoms with E-state index in [9.17, 15) is 14.3 Å². The van der Waals surface area contributed by atoms with E-state index in [1.54, 1.807) is 30.8 Å². The number of carbonyl (C=O) groups excluding carboxylic acids is 1. The topological polar surface area (TPSA) is 52.6 Å². The summed E-state index contributed by atoms with van der Waals surface area (Å²) in [4.78, 5) is 14.5. The summed E-state index contributed by atoms with van der Waals surface area (Å²) >= 11 is 1.55. The molecule has 1 aromatic rings. The molecule has 0 radical (unpaired) electrons. The van der Waals surface area contributed by atoms with Crippen LogP contribution in [0.5, 0.6) is 0 Å². The van der Waals surface area contributed by atoms with Crippen molar-refractivity contribution in [3.63, 3.8) is 0 Å². The molecule has 1 aliphatic heterocycles. The van der Waals surface area contributed by atoms with E-state index in [4.69, 9.17) is 0 Å². The molecule has 2 atom stereocenters. The molecule has 0 saturated carbocycles. The molecule has 4 nitrogen and oxygen atoms in total.